The van der Waals surface area contributed by atoms with Crippen LogP contribution in [0.2, 0.25) is 5.02 Å². The molecule has 1 N–H and O–H groups in total. The van der Waals surface area contributed by atoms with Gasteiger partial charge in [0.15, 0.2) is 0 Å². The van der Waals surface area contributed by atoms with Gasteiger partial charge in [-0.15, -0.1) is 0 Å². The maximum atomic E-state index is 6.08. The van der Waals surface area contributed by atoms with Gasteiger partial charge in [-0.1, -0.05) is 35.9 Å². The molecule has 5 rings (SSSR count). The summed E-state index contributed by atoms with van der Waals surface area (Å²) in [6, 6.07) is 15.0. The standard InChI is InChI=1S/C23H24ClNO2/c24-16-8-6-15(7-9-16)23-20-5-1-4-19(20)21-13-17(10-11-22(21)25-23)27-14-18-3-2-12-26-18/h1,4,6-11,13,18-20,23,25H,2-3,5,12,14H2. The number of hydrogen-bond acceptors (Lipinski definition) is 3. The second kappa shape index (κ2) is 7.21. The van der Waals surface area contributed by atoms with Crippen molar-refractivity contribution in [1.82, 2.24) is 0 Å². The number of ether oxygens (including phenoxy) is 2. The number of allylic oxidation sites excluding steroid dienone is 2. The highest BCUT2D eigenvalue weighted by atomic mass is 35.5. The Kier molecular flexibility index (Phi) is 4.58. The van der Waals surface area contributed by atoms with E-state index in [4.69, 9.17) is 21.1 Å². The molecule has 2 aromatic carbocycles. The van der Waals surface area contributed by atoms with E-state index in [1.165, 1.54) is 16.8 Å². The van der Waals surface area contributed by atoms with Crippen LogP contribution >= 0.6 is 11.6 Å². The van der Waals surface area contributed by atoms with Gasteiger partial charge < -0.3 is 14.8 Å². The largest absolute Gasteiger partial charge is 0.491 e. The smallest absolute Gasteiger partial charge is 0.119 e. The zero-order valence-corrected chi connectivity index (χ0v) is 16.0. The molecule has 0 aromatic heterocycles. The normalized spacial score (nSPS) is 28.5. The third kappa shape index (κ3) is 3.35. The number of nitrogens with one attached hydrogen (secondary N) is 1. The van der Waals surface area contributed by atoms with Crippen LogP contribution in [0.15, 0.2) is 54.6 Å². The zero-order chi connectivity index (χ0) is 18.2. The van der Waals surface area contributed by atoms with Crippen LogP contribution in [-0.2, 0) is 4.74 Å². The zero-order valence-electron chi connectivity index (χ0n) is 15.2. The van der Waals surface area contributed by atoms with Crippen molar-refractivity contribution in [3.05, 3.63) is 70.8 Å². The van der Waals surface area contributed by atoms with E-state index in [1.807, 2.05) is 12.1 Å². The predicted molar refractivity (Wildman–Crippen MR) is 109 cm³/mol. The van der Waals surface area contributed by atoms with Crippen LogP contribution in [0.25, 0.3) is 0 Å². The van der Waals surface area contributed by atoms with Crippen molar-refractivity contribution in [3.63, 3.8) is 0 Å². The first kappa shape index (κ1) is 17.2. The number of benzene rings is 2. The fourth-order valence-corrected chi connectivity index (χ4v) is 4.75. The first-order valence-corrected chi connectivity index (χ1v) is 10.2. The summed E-state index contributed by atoms with van der Waals surface area (Å²) >= 11 is 6.08. The van der Waals surface area contributed by atoms with Crippen molar-refractivity contribution in [2.24, 2.45) is 5.92 Å². The maximum absolute atomic E-state index is 6.08. The SMILES string of the molecule is Clc1ccc(C2Nc3ccc(OCC4CCCO4)cc3C3C=CCC32)cc1. The van der Waals surface area contributed by atoms with Gasteiger partial charge in [-0.05, 0) is 66.6 Å². The highest BCUT2D eigenvalue weighted by Gasteiger charge is 2.38. The van der Waals surface area contributed by atoms with Crippen molar-refractivity contribution in [3.8, 4) is 5.75 Å². The average Bonchev–Trinajstić information content (AvgIpc) is 3.38. The first-order valence-electron chi connectivity index (χ1n) is 9.85. The second-order valence-electron chi connectivity index (χ2n) is 7.72. The molecular formula is C23H24ClNO2. The van der Waals surface area contributed by atoms with Crippen LogP contribution in [0.3, 0.4) is 0 Å². The fraction of sp³-hybridized carbons (Fsp3) is 0.391. The van der Waals surface area contributed by atoms with Gasteiger partial charge in [0.1, 0.15) is 12.4 Å². The van der Waals surface area contributed by atoms with Crippen LogP contribution in [0.4, 0.5) is 5.69 Å². The molecule has 0 radical (unpaired) electrons. The molecule has 4 heteroatoms. The van der Waals surface area contributed by atoms with Crippen molar-refractivity contribution < 1.29 is 9.47 Å². The molecule has 3 aliphatic rings. The van der Waals surface area contributed by atoms with E-state index in [-0.39, 0.29) is 6.10 Å². The van der Waals surface area contributed by atoms with Gasteiger partial charge in [0.2, 0.25) is 0 Å². The first-order chi connectivity index (χ1) is 13.3. The molecule has 140 valence electrons. The minimum absolute atomic E-state index is 0.243. The number of rotatable bonds is 4. The molecule has 4 unspecified atom stereocenters. The van der Waals surface area contributed by atoms with E-state index in [0.717, 1.165) is 36.6 Å². The number of fused-ring (bicyclic) bond motifs is 3. The topological polar surface area (TPSA) is 30.5 Å². The van der Waals surface area contributed by atoms with Crippen LogP contribution in [0.5, 0.6) is 5.75 Å². The highest BCUT2D eigenvalue weighted by molar-refractivity contribution is 6.30. The molecule has 1 fully saturated rings. The van der Waals surface area contributed by atoms with Crippen LogP contribution in [0.1, 0.15) is 42.3 Å². The van der Waals surface area contributed by atoms with Gasteiger partial charge in [-0.3, -0.25) is 0 Å². The molecule has 0 spiro atoms. The summed E-state index contributed by atoms with van der Waals surface area (Å²) in [6.45, 7) is 1.51. The van der Waals surface area contributed by atoms with Gasteiger partial charge in [0, 0.05) is 23.2 Å². The number of halogens is 1. The summed E-state index contributed by atoms with van der Waals surface area (Å²) < 4.78 is 11.7. The molecular weight excluding hydrogens is 358 g/mol. The minimum atomic E-state index is 0.243. The molecule has 0 bridgehead atoms. The van der Waals surface area contributed by atoms with Gasteiger partial charge in [-0.25, -0.2) is 0 Å². The van der Waals surface area contributed by atoms with Crippen molar-refractivity contribution in [2.75, 3.05) is 18.5 Å². The molecule has 2 aliphatic heterocycles. The molecule has 2 heterocycles. The summed E-state index contributed by atoms with van der Waals surface area (Å²) in [5.41, 5.74) is 3.83. The monoisotopic (exact) mass is 381 g/mol. The average molecular weight is 382 g/mol. The van der Waals surface area contributed by atoms with Gasteiger partial charge in [0.25, 0.3) is 0 Å². The lowest BCUT2D eigenvalue weighted by molar-refractivity contribution is 0.0679. The summed E-state index contributed by atoms with van der Waals surface area (Å²) in [5, 5.41) is 4.55. The van der Waals surface area contributed by atoms with Crippen LogP contribution in [0, 0.1) is 5.92 Å². The summed E-state index contributed by atoms with van der Waals surface area (Å²) in [4.78, 5) is 0. The molecule has 0 saturated carbocycles. The number of anilines is 1. The Labute approximate surface area is 165 Å². The summed E-state index contributed by atoms with van der Waals surface area (Å²) in [6.07, 6.45) is 8.25. The van der Waals surface area contributed by atoms with Gasteiger partial charge in [0.05, 0.1) is 12.1 Å². The van der Waals surface area contributed by atoms with E-state index < -0.39 is 0 Å². The molecule has 2 aromatic rings. The van der Waals surface area contributed by atoms with E-state index in [2.05, 4.69) is 47.8 Å². The van der Waals surface area contributed by atoms with Crippen molar-refractivity contribution in [1.29, 1.82) is 0 Å². The lowest BCUT2D eigenvalue weighted by Crippen LogP contribution is -2.29. The predicted octanol–water partition coefficient (Wildman–Crippen LogP) is 5.72. The Bertz CT molecular complexity index is 842. The Morgan fingerprint density at radius 2 is 2.04 bits per heavy atom. The fourth-order valence-electron chi connectivity index (χ4n) is 4.63. The van der Waals surface area contributed by atoms with Gasteiger partial charge in [-0.2, -0.15) is 0 Å². The number of hydrogen-bond donors (Lipinski definition) is 1. The van der Waals surface area contributed by atoms with Crippen LogP contribution < -0.4 is 10.1 Å². The molecule has 1 saturated heterocycles. The molecule has 4 atom stereocenters. The Morgan fingerprint density at radius 3 is 2.85 bits per heavy atom. The molecule has 1 aliphatic carbocycles. The van der Waals surface area contributed by atoms with E-state index in [0.29, 0.717) is 24.5 Å². The van der Waals surface area contributed by atoms with Gasteiger partial charge >= 0.3 is 0 Å². The van der Waals surface area contributed by atoms with Crippen molar-refractivity contribution >= 4 is 17.3 Å². The Balaban J connectivity index is 1.39. The van der Waals surface area contributed by atoms with E-state index in [9.17, 15) is 0 Å². The van der Waals surface area contributed by atoms with Crippen LogP contribution in [-0.4, -0.2) is 19.3 Å². The summed E-state index contributed by atoms with van der Waals surface area (Å²) in [7, 11) is 0. The summed E-state index contributed by atoms with van der Waals surface area (Å²) in [5.74, 6) is 1.88. The second-order valence-corrected chi connectivity index (χ2v) is 8.16. The third-order valence-electron chi connectivity index (χ3n) is 6.02. The third-order valence-corrected chi connectivity index (χ3v) is 6.28. The van der Waals surface area contributed by atoms with E-state index >= 15 is 0 Å². The van der Waals surface area contributed by atoms with Crippen molar-refractivity contribution in [2.45, 2.75) is 37.3 Å². The lowest BCUT2D eigenvalue weighted by Gasteiger charge is -2.37. The molecule has 0 amide bonds. The molecule has 3 nitrogen and oxygen atoms in total. The highest BCUT2D eigenvalue weighted by Crippen LogP contribution is 2.50. The Morgan fingerprint density at radius 1 is 1.15 bits per heavy atom. The lowest BCUT2D eigenvalue weighted by atomic mass is 9.77. The Hall–Kier alpha value is -1.97. The quantitative estimate of drug-likeness (QED) is 0.686. The molecule has 27 heavy (non-hydrogen) atoms. The maximum Gasteiger partial charge on any atom is 0.119 e. The minimum Gasteiger partial charge on any atom is -0.491 e. The van der Waals surface area contributed by atoms with E-state index in [1.54, 1.807) is 0 Å².